The van der Waals surface area contributed by atoms with E-state index < -0.39 is 0 Å². The van der Waals surface area contributed by atoms with Gasteiger partial charge in [-0.1, -0.05) is 19.1 Å². The average molecular weight is 376 g/mol. The molecule has 2 aliphatic rings. The summed E-state index contributed by atoms with van der Waals surface area (Å²) in [6, 6.07) is 9.03. The number of nitrogens with one attached hydrogen (secondary N) is 1. The Labute approximate surface area is 164 Å². The highest BCUT2D eigenvalue weighted by molar-refractivity contribution is 5.92. The second-order valence-electron chi connectivity index (χ2n) is 7.57. The lowest BCUT2D eigenvalue weighted by Gasteiger charge is -2.18. The number of amides is 1. The lowest BCUT2D eigenvalue weighted by Crippen LogP contribution is -2.29. The summed E-state index contributed by atoms with van der Waals surface area (Å²) in [7, 11) is 0. The monoisotopic (exact) mass is 376 g/mol. The normalized spacial score (nSPS) is 18.3. The second-order valence-corrected chi connectivity index (χ2v) is 7.57. The molecule has 1 atom stereocenters. The molecule has 1 aromatic heterocycles. The third-order valence-electron chi connectivity index (χ3n) is 5.33. The summed E-state index contributed by atoms with van der Waals surface area (Å²) < 4.78 is 1.24. The molecule has 144 valence electrons. The fourth-order valence-corrected chi connectivity index (χ4v) is 3.64. The van der Waals surface area contributed by atoms with Gasteiger partial charge >= 0.3 is 0 Å². The van der Waals surface area contributed by atoms with Crippen LogP contribution in [0.1, 0.15) is 43.0 Å². The van der Waals surface area contributed by atoms with Gasteiger partial charge in [-0.15, -0.1) is 0 Å². The van der Waals surface area contributed by atoms with Crippen molar-refractivity contribution in [1.29, 1.82) is 0 Å². The number of aromatic nitrogens is 2. The summed E-state index contributed by atoms with van der Waals surface area (Å²) in [5, 5.41) is 7.31. The topological polar surface area (TPSA) is 76.3 Å². The molecule has 1 unspecified atom stereocenters. The van der Waals surface area contributed by atoms with Crippen molar-refractivity contribution in [2.75, 3.05) is 11.9 Å². The summed E-state index contributed by atoms with van der Waals surface area (Å²) >= 11 is 0. The van der Waals surface area contributed by atoms with Crippen LogP contribution in [-0.4, -0.2) is 28.4 Å². The van der Waals surface area contributed by atoms with Crippen LogP contribution in [0.5, 0.6) is 0 Å². The SMILES string of the molecule is CC1CC=C(c2ccc(=O)n(CC(=O)Nc3ccc4c(c3)CCN=C4)n2)CC1. The molecule has 1 aliphatic heterocycles. The Morgan fingerprint density at radius 2 is 2.14 bits per heavy atom. The Morgan fingerprint density at radius 1 is 1.25 bits per heavy atom. The van der Waals surface area contributed by atoms with E-state index in [1.165, 1.54) is 16.3 Å². The molecule has 0 spiro atoms. The maximum absolute atomic E-state index is 12.5. The van der Waals surface area contributed by atoms with E-state index in [2.05, 4.69) is 28.4 Å². The number of carbonyl (C=O) groups excluding carboxylic acids is 1. The van der Waals surface area contributed by atoms with Crippen LogP contribution >= 0.6 is 0 Å². The summed E-state index contributed by atoms with van der Waals surface area (Å²) in [4.78, 5) is 28.9. The standard InChI is InChI=1S/C22H24N4O2/c1-15-2-4-16(5-3-15)20-8-9-22(28)26(25-20)14-21(27)24-19-7-6-18-13-23-11-10-17(18)12-19/h4,6-9,12-13,15H,2-3,5,10-11,14H2,1H3,(H,24,27). The number of fused-ring (bicyclic) bond motifs is 1. The molecule has 0 saturated carbocycles. The van der Waals surface area contributed by atoms with Gasteiger partial charge in [0.25, 0.3) is 5.56 Å². The Bertz CT molecular complexity index is 1020. The lowest BCUT2D eigenvalue weighted by molar-refractivity contribution is -0.117. The Hall–Kier alpha value is -3.02. The van der Waals surface area contributed by atoms with Crippen LogP contribution in [0.15, 0.2) is 46.2 Å². The van der Waals surface area contributed by atoms with Crippen LogP contribution < -0.4 is 10.9 Å². The van der Waals surface area contributed by atoms with Crippen LogP contribution in [0.25, 0.3) is 5.57 Å². The largest absolute Gasteiger partial charge is 0.324 e. The first-order chi connectivity index (χ1) is 13.6. The van der Waals surface area contributed by atoms with Gasteiger partial charge in [-0.05, 0) is 66.5 Å². The first-order valence-corrected chi connectivity index (χ1v) is 9.78. The van der Waals surface area contributed by atoms with Crippen molar-refractivity contribution in [3.63, 3.8) is 0 Å². The van der Waals surface area contributed by atoms with E-state index in [1.807, 2.05) is 24.4 Å². The summed E-state index contributed by atoms with van der Waals surface area (Å²) in [5.41, 5.74) is 4.65. The summed E-state index contributed by atoms with van der Waals surface area (Å²) in [6.45, 7) is 2.90. The molecule has 2 heterocycles. The molecule has 1 aliphatic carbocycles. The van der Waals surface area contributed by atoms with Crippen LogP contribution in [0.3, 0.4) is 0 Å². The molecule has 1 N–H and O–H groups in total. The van der Waals surface area contributed by atoms with Crippen LogP contribution in [-0.2, 0) is 17.8 Å². The molecule has 0 saturated heterocycles. The number of allylic oxidation sites excluding steroid dienone is 2. The number of carbonyl (C=O) groups is 1. The van der Waals surface area contributed by atoms with E-state index in [0.29, 0.717) is 5.92 Å². The van der Waals surface area contributed by atoms with Gasteiger partial charge in [-0.25, -0.2) is 4.68 Å². The van der Waals surface area contributed by atoms with E-state index in [-0.39, 0.29) is 18.0 Å². The number of anilines is 1. The Kier molecular flexibility index (Phi) is 5.19. The van der Waals surface area contributed by atoms with Crippen molar-refractivity contribution in [3.05, 3.63) is 63.6 Å². The Morgan fingerprint density at radius 3 is 2.96 bits per heavy atom. The predicted octanol–water partition coefficient (Wildman–Crippen LogP) is 3.06. The van der Waals surface area contributed by atoms with Gasteiger partial charge in [0.05, 0.1) is 5.69 Å². The summed E-state index contributed by atoms with van der Waals surface area (Å²) in [5.74, 6) is 0.422. The molecule has 1 aromatic carbocycles. The second kappa shape index (κ2) is 7.92. The molecular formula is C22H24N4O2. The van der Waals surface area contributed by atoms with E-state index in [4.69, 9.17) is 0 Å². The fourth-order valence-electron chi connectivity index (χ4n) is 3.64. The van der Waals surface area contributed by atoms with E-state index in [1.54, 1.807) is 6.07 Å². The maximum Gasteiger partial charge on any atom is 0.267 e. The first kappa shape index (κ1) is 18.3. The zero-order chi connectivity index (χ0) is 19.5. The Balaban J connectivity index is 1.48. The lowest BCUT2D eigenvalue weighted by atomic mass is 9.90. The number of benzene rings is 1. The quantitative estimate of drug-likeness (QED) is 0.891. The molecule has 0 bridgehead atoms. The van der Waals surface area contributed by atoms with Crippen LogP contribution in [0.4, 0.5) is 5.69 Å². The number of nitrogens with zero attached hydrogens (tertiary/aromatic N) is 3. The zero-order valence-electron chi connectivity index (χ0n) is 16.0. The predicted molar refractivity (Wildman–Crippen MR) is 111 cm³/mol. The average Bonchev–Trinajstić information content (AvgIpc) is 2.70. The maximum atomic E-state index is 12.5. The number of hydrogen-bond donors (Lipinski definition) is 1. The molecule has 2 aromatic rings. The van der Waals surface area contributed by atoms with Gasteiger partial charge in [-0.2, -0.15) is 5.10 Å². The fraction of sp³-hybridized carbons (Fsp3) is 0.364. The van der Waals surface area contributed by atoms with Gasteiger partial charge < -0.3 is 5.32 Å². The number of rotatable bonds is 4. The van der Waals surface area contributed by atoms with Crippen molar-refractivity contribution in [1.82, 2.24) is 9.78 Å². The van der Waals surface area contributed by atoms with Crippen molar-refractivity contribution >= 4 is 23.4 Å². The minimum Gasteiger partial charge on any atom is -0.324 e. The van der Waals surface area contributed by atoms with Gasteiger partial charge in [0.1, 0.15) is 6.54 Å². The van der Waals surface area contributed by atoms with Gasteiger partial charge in [0.2, 0.25) is 5.91 Å². The third kappa shape index (κ3) is 4.11. The van der Waals surface area contributed by atoms with Crippen molar-refractivity contribution in [3.8, 4) is 0 Å². The molecule has 4 rings (SSSR count). The van der Waals surface area contributed by atoms with E-state index in [0.717, 1.165) is 54.7 Å². The van der Waals surface area contributed by atoms with Crippen molar-refractivity contribution in [2.45, 2.75) is 39.2 Å². The van der Waals surface area contributed by atoms with Crippen LogP contribution in [0, 0.1) is 5.92 Å². The van der Waals surface area contributed by atoms with Gasteiger partial charge in [0.15, 0.2) is 0 Å². The summed E-state index contributed by atoms with van der Waals surface area (Å²) in [6.07, 6.45) is 8.03. The van der Waals surface area contributed by atoms with Crippen LogP contribution in [0.2, 0.25) is 0 Å². The minimum absolute atomic E-state index is 0.102. The van der Waals surface area contributed by atoms with Crippen molar-refractivity contribution in [2.24, 2.45) is 10.9 Å². The molecule has 28 heavy (non-hydrogen) atoms. The first-order valence-electron chi connectivity index (χ1n) is 9.78. The highest BCUT2D eigenvalue weighted by atomic mass is 16.2. The number of hydrogen-bond acceptors (Lipinski definition) is 4. The third-order valence-corrected chi connectivity index (χ3v) is 5.33. The highest BCUT2D eigenvalue weighted by Gasteiger charge is 2.15. The molecular weight excluding hydrogens is 352 g/mol. The minimum atomic E-state index is -0.273. The highest BCUT2D eigenvalue weighted by Crippen LogP contribution is 2.28. The van der Waals surface area contributed by atoms with E-state index >= 15 is 0 Å². The van der Waals surface area contributed by atoms with Gasteiger partial charge in [-0.3, -0.25) is 14.6 Å². The molecule has 1 amide bonds. The van der Waals surface area contributed by atoms with Crippen molar-refractivity contribution < 1.29 is 4.79 Å². The zero-order valence-corrected chi connectivity index (χ0v) is 16.0. The van der Waals surface area contributed by atoms with Gasteiger partial charge in [0, 0.05) is 24.5 Å². The van der Waals surface area contributed by atoms with E-state index in [9.17, 15) is 9.59 Å². The molecule has 6 heteroatoms. The number of aliphatic imine (C=N–C) groups is 1. The smallest absolute Gasteiger partial charge is 0.267 e. The molecule has 6 nitrogen and oxygen atoms in total. The molecule has 0 radical (unpaired) electrons. The molecule has 0 fully saturated rings.